The molecule has 0 saturated heterocycles. The maximum atomic E-state index is 13.7. The average molecular weight is 466 g/mol. The maximum absolute atomic E-state index is 13.7. The maximum Gasteiger partial charge on any atom is 0.279 e. The highest BCUT2D eigenvalue weighted by Gasteiger charge is 2.18. The minimum atomic E-state index is -0.797. The van der Waals surface area contributed by atoms with Crippen molar-refractivity contribution in [2.45, 2.75) is 20.5 Å². The van der Waals surface area contributed by atoms with Gasteiger partial charge >= 0.3 is 0 Å². The van der Waals surface area contributed by atoms with E-state index in [0.29, 0.717) is 5.69 Å². The fraction of sp³-hybridized carbons (Fsp3) is 0.250. The molecule has 3 aromatic rings. The molecular weight excluding hydrogens is 446 g/mol. The molecule has 0 radical (unpaired) electrons. The Morgan fingerprint density at radius 2 is 1.93 bits per heavy atom. The Balaban J connectivity index is 1.92. The number of rotatable bonds is 5. The quantitative estimate of drug-likeness (QED) is 0.429. The van der Waals surface area contributed by atoms with E-state index < -0.39 is 11.6 Å². The summed E-state index contributed by atoms with van der Waals surface area (Å²) >= 11 is 3.52. The third-order valence-electron chi connectivity index (χ3n) is 4.32. The van der Waals surface area contributed by atoms with Crippen LogP contribution in [0.15, 0.2) is 46.1 Å². The summed E-state index contributed by atoms with van der Waals surface area (Å²) in [5, 5.41) is 1.90. The molecule has 6 nitrogen and oxygen atoms in total. The van der Waals surface area contributed by atoms with Crippen LogP contribution in [-0.4, -0.2) is 23.6 Å². The fourth-order valence-electron chi connectivity index (χ4n) is 2.92. The third kappa shape index (κ3) is 4.45. The van der Waals surface area contributed by atoms with Crippen molar-refractivity contribution in [3.63, 3.8) is 0 Å². The molecule has 0 spiro atoms. The van der Waals surface area contributed by atoms with Gasteiger partial charge in [0.1, 0.15) is 23.9 Å². The molecule has 3 rings (SSSR count). The number of hydrogen-bond acceptors (Lipinski definition) is 4. The highest BCUT2D eigenvalue weighted by Crippen LogP contribution is 2.20. The van der Waals surface area contributed by atoms with Crippen molar-refractivity contribution < 1.29 is 18.2 Å². The summed E-state index contributed by atoms with van der Waals surface area (Å²) in [4.78, 5) is 16.5. The predicted octanol–water partition coefficient (Wildman–Crippen LogP) is 2.95. The molecule has 0 fully saturated rings. The van der Waals surface area contributed by atoms with Gasteiger partial charge in [-0.3, -0.25) is 14.3 Å². The van der Waals surface area contributed by atoms with Crippen LogP contribution in [0.5, 0.6) is 5.75 Å². The lowest BCUT2D eigenvalue weighted by atomic mass is 10.2. The van der Waals surface area contributed by atoms with Crippen LogP contribution < -0.4 is 20.0 Å². The minimum Gasteiger partial charge on any atom is -0.487 e. The van der Waals surface area contributed by atoms with Crippen molar-refractivity contribution in [1.29, 1.82) is 0 Å². The molecule has 3 aromatic heterocycles. The van der Waals surface area contributed by atoms with E-state index in [0.717, 1.165) is 28.1 Å². The topological polar surface area (TPSA) is 51.2 Å². The largest absolute Gasteiger partial charge is 0.487 e. The lowest BCUT2D eigenvalue weighted by Crippen LogP contribution is -2.54. The van der Waals surface area contributed by atoms with Crippen molar-refractivity contribution in [2.75, 3.05) is 19.1 Å². The molecule has 0 atom stereocenters. The van der Waals surface area contributed by atoms with E-state index in [9.17, 15) is 13.6 Å². The Kier molecular flexibility index (Phi) is 5.97. The summed E-state index contributed by atoms with van der Waals surface area (Å²) in [7, 11) is 3.82. The first kappa shape index (κ1) is 20.9. The Morgan fingerprint density at radius 3 is 2.55 bits per heavy atom. The Morgan fingerprint density at radius 1 is 1.21 bits per heavy atom. The van der Waals surface area contributed by atoms with Gasteiger partial charge < -0.3 is 4.74 Å². The first-order valence-corrected chi connectivity index (χ1v) is 9.53. The fourth-order valence-corrected chi connectivity index (χ4v) is 3.55. The average Bonchev–Trinajstić information content (AvgIpc) is 2.62. The summed E-state index contributed by atoms with van der Waals surface area (Å²) in [6.07, 6.45) is 2.83. The number of aromatic nitrogens is 3. The van der Waals surface area contributed by atoms with Gasteiger partial charge in [0.05, 0.1) is 26.0 Å². The lowest BCUT2D eigenvalue weighted by molar-refractivity contribution is -0.698. The molecule has 29 heavy (non-hydrogen) atoms. The summed E-state index contributed by atoms with van der Waals surface area (Å²) in [5.74, 6) is -1.27. The molecule has 0 aliphatic rings. The van der Waals surface area contributed by atoms with Crippen molar-refractivity contribution in [3.05, 3.63) is 80.2 Å². The van der Waals surface area contributed by atoms with Crippen molar-refractivity contribution in [3.8, 4) is 11.4 Å². The van der Waals surface area contributed by atoms with Crippen LogP contribution in [-0.2, 0) is 6.61 Å². The summed E-state index contributed by atoms with van der Waals surface area (Å²) in [6.45, 7) is 3.49. The molecule has 0 unspecified atom stereocenters. The van der Waals surface area contributed by atoms with E-state index >= 15 is 0 Å². The van der Waals surface area contributed by atoms with Gasteiger partial charge in [0, 0.05) is 51.5 Å². The molecule has 9 heteroatoms. The predicted molar refractivity (Wildman–Crippen MR) is 108 cm³/mol. The highest BCUT2D eigenvalue weighted by molar-refractivity contribution is 9.10. The molecule has 0 aliphatic carbocycles. The molecule has 0 aliphatic heterocycles. The second-order valence-electron chi connectivity index (χ2n) is 6.73. The molecule has 0 amide bonds. The van der Waals surface area contributed by atoms with Crippen molar-refractivity contribution in [1.82, 2.24) is 9.55 Å². The molecule has 0 saturated carbocycles. The van der Waals surface area contributed by atoms with Gasteiger partial charge in [-0.2, -0.15) is 5.01 Å². The van der Waals surface area contributed by atoms with Gasteiger partial charge in [0.2, 0.25) is 6.20 Å². The van der Waals surface area contributed by atoms with Crippen LogP contribution in [0.3, 0.4) is 0 Å². The normalized spacial score (nSPS) is 10.9. The number of ether oxygens (including phenoxy) is 1. The van der Waals surface area contributed by atoms with Gasteiger partial charge in [-0.25, -0.2) is 8.78 Å². The van der Waals surface area contributed by atoms with Crippen molar-refractivity contribution in [2.24, 2.45) is 0 Å². The van der Waals surface area contributed by atoms with Crippen LogP contribution in [0, 0.1) is 25.5 Å². The van der Waals surface area contributed by atoms with Crippen LogP contribution in [0.2, 0.25) is 0 Å². The van der Waals surface area contributed by atoms with Gasteiger partial charge in [0.15, 0.2) is 5.82 Å². The standard InChI is InChI=1S/C20H20BrF2N4O2/c1-12-10-26(25(3)4)19(21)8-18(12)27-13(2)5-15(7-20(27)28)29-11-17-16(23)6-14(22)9-24-17/h5-10H,11H2,1-4H3/q+1. The summed E-state index contributed by atoms with van der Waals surface area (Å²) in [6, 6.07) is 5.62. The first-order valence-electron chi connectivity index (χ1n) is 8.73. The van der Waals surface area contributed by atoms with Crippen LogP contribution in [0.4, 0.5) is 8.78 Å². The van der Waals surface area contributed by atoms with Crippen LogP contribution in [0.1, 0.15) is 17.0 Å². The molecular formula is C20H20BrF2N4O2+. The van der Waals surface area contributed by atoms with E-state index in [-0.39, 0.29) is 23.6 Å². The zero-order valence-electron chi connectivity index (χ0n) is 16.4. The number of pyridine rings is 3. The smallest absolute Gasteiger partial charge is 0.279 e. The van der Waals surface area contributed by atoms with Gasteiger partial charge in [-0.05, 0) is 13.8 Å². The van der Waals surface area contributed by atoms with Crippen molar-refractivity contribution >= 4 is 15.9 Å². The highest BCUT2D eigenvalue weighted by atomic mass is 79.9. The Hall–Kier alpha value is -2.81. The summed E-state index contributed by atoms with van der Waals surface area (Å²) in [5.41, 5.74) is 1.96. The second kappa shape index (κ2) is 8.28. The molecule has 0 bridgehead atoms. The molecule has 152 valence electrons. The minimum absolute atomic E-state index is 0.0377. The lowest BCUT2D eigenvalue weighted by Gasteiger charge is -2.15. The third-order valence-corrected chi connectivity index (χ3v) is 4.91. The number of aryl methyl sites for hydroxylation is 2. The first-order chi connectivity index (χ1) is 13.7. The molecule has 3 heterocycles. The van der Waals surface area contributed by atoms with Crippen LogP contribution in [0.25, 0.3) is 5.69 Å². The van der Waals surface area contributed by atoms with Gasteiger partial charge in [0.25, 0.3) is 10.2 Å². The van der Waals surface area contributed by atoms with E-state index in [1.807, 2.05) is 43.0 Å². The SMILES string of the molecule is Cc1c[n+](N(C)C)c(Br)cc1-n1c(C)cc(OCc2ncc(F)cc2F)cc1=O. The van der Waals surface area contributed by atoms with Gasteiger partial charge in [-0.15, -0.1) is 0 Å². The number of halogens is 3. The van der Waals surface area contributed by atoms with E-state index in [2.05, 4.69) is 20.9 Å². The number of hydrogen-bond donors (Lipinski definition) is 0. The monoisotopic (exact) mass is 465 g/mol. The number of nitrogens with zero attached hydrogens (tertiary/aromatic N) is 4. The molecule has 0 N–H and O–H groups in total. The zero-order chi connectivity index (χ0) is 21.3. The van der Waals surface area contributed by atoms with Crippen LogP contribution >= 0.6 is 15.9 Å². The second-order valence-corrected chi connectivity index (χ2v) is 7.55. The van der Waals surface area contributed by atoms with E-state index in [1.165, 1.54) is 6.07 Å². The molecule has 0 aromatic carbocycles. The Labute approximate surface area is 175 Å². The van der Waals surface area contributed by atoms with Gasteiger partial charge in [-0.1, -0.05) is 4.68 Å². The van der Waals surface area contributed by atoms with E-state index in [1.54, 1.807) is 17.6 Å². The zero-order valence-corrected chi connectivity index (χ0v) is 18.0. The Bertz CT molecular complexity index is 1130. The van der Waals surface area contributed by atoms with E-state index in [4.69, 9.17) is 4.74 Å². The summed E-state index contributed by atoms with van der Waals surface area (Å²) < 4.78 is 36.4.